The molecular weight excluding hydrogens is 387 g/mol. The Morgan fingerprint density at radius 2 is 1.89 bits per heavy atom. The zero-order chi connectivity index (χ0) is 19.8. The van der Waals surface area contributed by atoms with Gasteiger partial charge < -0.3 is 15.0 Å². The molecule has 7 heteroatoms. The Bertz CT molecular complexity index is 798. The van der Waals surface area contributed by atoms with E-state index in [1.54, 1.807) is 37.4 Å². The summed E-state index contributed by atoms with van der Waals surface area (Å²) in [5.74, 6) is -0.0625. The highest BCUT2D eigenvalue weighted by atomic mass is 35.5. The summed E-state index contributed by atoms with van der Waals surface area (Å²) in [5.41, 5.74) is 0.762. The molecule has 2 rings (SSSR count). The van der Waals surface area contributed by atoms with E-state index in [0.717, 1.165) is 5.56 Å². The molecule has 0 saturated carbocycles. The molecule has 0 fully saturated rings. The number of carbonyl (C=O) groups is 2. The number of carbonyl (C=O) groups excluding carboxylic acids is 2. The molecule has 0 heterocycles. The molecule has 2 aromatic rings. The number of ether oxygens (including phenoxy) is 1. The lowest BCUT2D eigenvalue weighted by Crippen LogP contribution is -2.49. The maximum Gasteiger partial charge on any atom is 0.261 e. The van der Waals surface area contributed by atoms with Crippen molar-refractivity contribution in [3.8, 4) is 5.75 Å². The van der Waals surface area contributed by atoms with Gasteiger partial charge in [-0.25, -0.2) is 0 Å². The molecule has 1 unspecified atom stereocenters. The minimum atomic E-state index is -0.623. The average molecular weight is 409 g/mol. The van der Waals surface area contributed by atoms with Crippen LogP contribution in [0.3, 0.4) is 0 Å². The van der Waals surface area contributed by atoms with Crippen molar-refractivity contribution >= 4 is 35.0 Å². The van der Waals surface area contributed by atoms with Crippen LogP contribution in [0.5, 0.6) is 5.75 Å². The Morgan fingerprint density at radius 1 is 1.15 bits per heavy atom. The summed E-state index contributed by atoms with van der Waals surface area (Å²) in [4.78, 5) is 26.7. The van der Waals surface area contributed by atoms with Gasteiger partial charge in [-0.3, -0.25) is 9.59 Å². The first kappa shape index (κ1) is 21.1. The van der Waals surface area contributed by atoms with Gasteiger partial charge in [0, 0.05) is 23.6 Å². The second-order valence-corrected chi connectivity index (χ2v) is 6.74. The second-order valence-electron chi connectivity index (χ2n) is 5.90. The summed E-state index contributed by atoms with van der Waals surface area (Å²) >= 11 is 12.2. The van der Waals surface area contributed by atoms with Crippen LogP contribution in [0.1, 0.15) is 18.9 Å². The van der Waals surface area contributed by atoms with Crippen molar-refractivity contribution in [3.63, 3.8) is 0 Å². The lowest BCUT2D eigenvalue weighted by Gasteiger charge is -2.30. The largest absolute Gasteiger partial charge is 0.484 e. The van der Waals surface area contributed by atoms with Gasteiger partial charge in [-0.2, -0.15) is 0 Å². The Hall–Kier alpha value is -2.24. The van der Waals surface area contributed by atoms with Gasteiger partial charge in [-0.1, -0.05) is 54.4 Å². The van der Waals surface area contributed by atoms with Crippen molar-refractivity contribution in [1.29, 1.82) is 0 Å². The Labute approximate surface area is 169 Å². The predicted molar refractivity (Wildman–Crippen MR) is 107 cm³/mol. The fourth-order valence-corrected chi connectivity index (χ4v) is 3.06. The molecule has 2 aromatic carbocycles. The standard InChI is InChI=1S/C20H22Cl2N2O3/c1-3-18(20(26)23-2)24(12-14-7-4-5-10-17(14)22)19(25)13-27-16-9-6-8-15(21)11-16/h4-11,18H,3,12-13H2,1-2H3,(H,23,26). The minimum Gasteiger partial charge on any atom is -0.484 e. The third-order valence-corrected chi connectivity index (χ3v) is 4.69. The number of likely N-dealkylation sites (N-methyl/N-ethyl adjacent to an activating group) is 1. The van der Waals surface area contributed by atoms with Gasteiger partial charge in [0.25, 0.3) is 5.91 Å². The predicted octanol–water partition coefficient (Wildman–Crippen LogP) is 3.93. The van der Waals surface area contributed by atoms with Gasteiger partial charge in [0.05, 0.1) is 0 Å². The Kier molecular flexibility index (Phi) is 7.95. The van der Waals surface area contributed by atoms with Gasteiger partial charge in [0.2, 0.25) is 5.91 Å². The van der Waals surface area contributed by atoms with E-state index in [1.807, 2.05) is 25.1 Å². The smallest absolute Gasteiger partial charge is 0.261 e. The highest BCUT2D eigenvalue weighted by Gasteiger charge is 2.28. The number of benzene rings is 2. The van der Waals surface area contributed by atoms with Crippen molar-refractivity contribution in [3.05, 3.63) is 64.1 Å². The molecule has 0 bridgehead atoms. The lowest BCUT2D eigenvalue weighted by atomic mass is 10.1. The van der Waals surface area contributed by atoms with Crippen molar-refractivity contribution in [2.45, 2.75) is 25.9 Å². The highest BCUT2D eigenvalue weighted by Crippen LogP contribution is 2.21. The number of rotatable bonds is 8. The van der Waals surface area contributed by atoms with E-state index >= 15 is 0 Å². The van der Waals surface area contributed by atoms with Gasteiger partial charge in [0.1, 0.15) is 11.8 Å². The molecule has 0 aromatic heterocycles. The summed E-state index contributed by atoms with van der Waals surface area (Å²) in [6.45, 7) is 1.85. The third kappa shape index (κ3) is 5.88. The number of amides is 2. The molecule has 0 aliphatic heterocycles. The van der Waals surface area contributed by atoms with E-state index in [-0.39, 0.29) is 25.0 Å². The number of hydrogen-bond acceptors (Lipinski definition) is 3. The number of nitrogens with one attached hydrogen (secondary N) is 1. The maximum absolute atomic E-state index is 12.9. The first-order chi connectivity index (χ1) is 13.0. The van der Waals surface area contributed by atoms with Gasteiger partial charge >= 0.3 is 0 Å². The van der Waals surface area contributed by atoms with Gasteiger partial charge in [-0.15, -0.1) is 0 Å². The molecule has 0 spiro atoms. The van der Waals surface area contributed by atoms with Crippen molar-refractivity contribution in [2.24, 2.45) is 0 Å². The second kappa shape index (κ2) is 10.2. The normalized spacial score (nSPS) is 11.6. The molecule has 0 aliphatic carbocycles. The van der Waals surface area contributed by atoms with Crippen LogP contribution in [-0.4, -0.2) is 36.4 Å². The summed E-state index contributed by atoms with van der Waals surface area (Å²) < 4.78 is 5.57. The van der Waals surface area contributed by atoms with Crippen LogP contribution in [0.25, 0.3) is 0 Å². The highest BCUT2D eigenvalue weighted by molar-refractivity contribution is 6.31. The summed E-state index contributed by atoms with van der Waals surface area (Å²) in [7, 11) is 1.55. The van der Waals surface area contributed by atoms with Crippen LogP contribution in [0.15, 0.2) is 48.5 Å². The van der Waals surface area contributed by atoms with Crippen molar-refractivity contribution in [2.75, 3.05) is 13.7 Å². The fraction of sp³-hybridized carbons (Fsp3) is 0.300. The van der Waals surface area contributed by atoms with Crippen LogP contribution >= 0.6 is 23.2 Å². The zero-order valence-corrected chi connectivity index (χ0v) is 16.8. The maximum atomic E-state index is 12.9. The zero-order valence-electron chi connectivity index (χ0n) is 15.2. The molecule has 2 amide bonds. The summed E-state index contributed by atoms with van der Waals surface area (Å²) in [5, 5.41) is 3.67. The number of nitrogens with zero attached hydrogens (tertiary/aromatic N) is 1. The molecule has 0 saturated heterocycles. The van der Waals surface area contributed by atoms with E-state index < -0.39 is 6.04 Å². The van der Waals surface area contributed by atoms with E-state index in [9.17, 15) is 9.59 Å². The SMILES string of the molecule is CCC(C(=O)NC)N(Cc1ccccc1Cl)C(=O)COc1cccc(Cl)c1. The molecular formula is C20H22Cl2N2O3. The van der Waals surface area contributed by atoms with E-state index in [4.69, 9.17) is 27.9 Å². The van der Waals surface area contributed by atoms with E-state index in [2.05, 4.69) is 5.32 Å². The first-order valence-electron chi connectivity index (χ1n) is 8.59. The monoisotopic (exact) mass is 408 g/mol. The number of halogens is 2. The molecule has 0 aliphatic rings. The molecule has 5 nitrogen and oxygen atoms in total. The lowest BCUT2D eigenvalue weighted by molar-refractivity contribution is -0.142. The van der Waals surface area contributed by atoms with Crippen LogP contribution in [-0.2, 0) is 16.1 Å². The van der Waals surface area contributed by atoms with Crippen LogP contribution in [0.2, 0.25) is 10.0 Å². The molecule has 1 N–H and O–H groups in total. The van der Waals surface area contributed by atoms with Gasteiger partial charge in [-0.05, 0) is 36.2 Å². The molecule has 1 atom stereocenters. The molecule has 27 heavy (non-hydrogen) atoms. The Balaban J connectivity index is 2.20. The minimum absolute atomic E-state index is 0.210. The van der Waals surface area contributed by atoms with Crippen LogP contribution in [0.4, 0.5) is 0 Å². The Morgan fingerprint density at radius 3 is 2.52 bits per heavy atom. The average Bonchev–Trinajstić information content (AvgIpc) is 2.67. The van der Waals surface area contributed by atoms with E-state index in [1.165, 1.54) is 4.90 Å². The summed E-state index contributed by atoms with van der Waals surface area (Å²) in [6.07, 6.45) is 0.465. The quantitative estimate of drug-likeness (QED) is 0.719. The first-order valence-corrected chi connectivity index (χ1v) is 9.34. The summed E-state index contributed by atoms with van der Waals surface area (Å²) in [6, 6.07) is 13.4. The molecule has 0 radical (unpaired) electrons. The van der Waals surface area contributed by atoms with Crippen LogP contribution in [0, 0.1) is 0 Å². The van der Waals surface area contributed by atoms with E-state index in [0.29, 0.717) is 22.2 Å². The third-order valence-electron chi connectivity index (χ3n) is 4.09. The molecule has 144 valence electrons. The number of hydrogen-bond donors (Lipinski definition) is 1. The van der Waals surface area contributed by atoms with Crippen LogP contribution < -0.4 is 10.1 Å². The topological polar surface area (TPSA) is 58.6 Å². The van der Waals surface area contributed by atoms with Gasteiger partial charge in [0.15, 0.2) is 6.61 Å². The fourth-order valence-electron chi connectivity index (χ4n) is 2.68. The van der Waals surface area contributed by atoms with Crippen molar-refractivity contribution < 1.29 is 14.3 Å². The van der Waals surface area contributed by atoms with Crippen molar-refractivity contribution in [1.82, 2.24) is 10.2 Å².